The zero-order valence-electron chi connectivity index (χ0n) is 9.51. The number of hydrogen-bond donors (Lipinski definition) is 0. The molecule has 1 radical (unpaired) electrons. The van der Waals surface area contributed by atoms with Gasteiger partial charge in [-0.25, -0.2) is 0 Å². The largest absolute Gasteiger partial charge is 0.343 e. The van der Waals surface area contributed by atoms with Crippen molar-refractivity contribution in [2.75, 3.05) is 6.61 Å². The number of hydrogen-bond acceptors (Lipinski definition) is 1. The van der Waals surface area contributed by atoms with Crippen LogP contribution in [0.5, 0.6) is 0 Å². The Morgan fingerprint density at radius 1 is 1.50 bits per heavy atom. The fraction of sp³-hybridized carbons (Fsp3) is 0.667. The van der Waals surface area contributed by atoms with Gasteiger partial charge in [-0.2, -0.15) is 5.11 Å². The van der Waals surface area contributed by atoms with E-state index in [1.807, 2.05) is 19.9 Å². The van der Waals surface area contributed by atoms with Crippen LogP contribution >= 0.6 is 0 Å². The lowest BCUT2D eigenvalue weighted by atomic mass is 10.1. The molecule has 0 saturated carbocycles. The summed E-state index contributed by atoms with van der Waals surface area (Å²) >= 11 is 0. The van der Waals surface area contributed by atoms with Crippen molar-refractivity contribution in [2.45, 2.75) is 45.8 Å². The predicted octanol–water partition coefficient (Wildman–Crippen LogP) is 3.47. The molecule has 0 aromatic carbocycles. The van der Waals surface area contributed by atoms with E-state index in [0.29, 0.717) is 19.4 Å². The normalized spacial score (nSPS) is 16.4. The first kappa shape index (κ1) is 13.4. The molecule has 0 spiro atoms. The van der Waals surface area contributed by atoms with Crippen LogP contribution in [-0.4, -0.2) is 12.4 Å². The van der Waals surface area contributed by atoms with Crippen LogP contribution in [0, 0.1) is 0 Å². The molecule has 1 atom stereocenters. The summed E-state index contributed by atoms with van der Waals surface area (Å²) in [5.41, 5.74) is 1.17. The van der Waals surface area contributed by atoms with Crippen LogP contribution in [0.15, 0.2) is 24.3 Å². The van der Waals surface area contributed by atoms with Crippen LogP contribution in [0.1, 0.15) is 40.0 Å². The molecule has 0 saturated heterocycles. The van der Waals surface area contributed by atoms with E-state index >= 15 is 0 Å². The molecule has 14 heavy (non-hydrogen) atoms. The lowest BCUT2D eigenvalue weighted by molar-refractivity contribution is -0.235. The second-order valence-electron chi connectivity index (χ2n) is 3.35. The highest BCUT2D eigenvalue weighted by Gasteiger charge is 2.26. The van der Waals surface area contributed by atoms with Crippen molar-refractivity contribution in [1.29, 1.82) is 0 Å². The van der Waals surface area contributed by atoms with Crippen LogP contribution < -0.4 is 0 Å². The first-order valence-corrected chi connectivity index (χ1v) is 5.21. The van der Waals surface area contributed by atoms with Crippen molar-refractivity contribution >= 4 is 0 Å². The molecule has 1 unspecified atom stereocenters. The maximum absolute atomic E-state index is 11.9. The Hall–Kier alpha value is -0.600. The second kappa shape index (κ2) is 6.80. The fourth-order valence-corrected chi connectivity index (χ4v) is 1.14. The molecular formula is C12H21O2. The molecule has 0 N–H and O–H groups in total. The molecule has 2 nitrogen and oxygen atoms in total. The maximum Gasteiger partial charge on any atom is 0.205 e. The number of rotatable bonds is 7. The quantitative estimate of drug-likeness (QED) is 0.454. The molecule has 0 aliphatic rings. The molecule has 2 heteroatoms. The molecule has 0 aliphatic heterocycles. The topological polar surface area (TPSA) is 29.1 Å². The van der Waals surface area contributed by atoms with E-state index in [1.165, 1.54) is 5.57 Å². The Bertz CT molecular complexity index is 196. The minimum Gasteiger partial charge on any atom is -0.343 e. The van der Waals surface area contributed by atoms with Gasteiger partial charge in [-0.05, 0) is 18.9 Å². The first-order valence-electron chi connectivity index (χ1n) is 5.21. The highest BCUT2D eigenvalue weighted by Crippen LogP contribution is 2.19. The van der Waals surface area contributed by atoms with Gasteiger partial charge >= 0.3 is 0 Å². The monoisotopic (exact) mass is 197 g/mol. The van der Waals surface area contributed by atoms with E-state index in [2.05, 4.69) is 13.5 Å². The third-order valence-corrected chi connectivity index (χ3v) is 2.38. The third kappa shape index (κ3) is 4.58. The molecule has 0 amide bonds. The summed E-state index contributed by atoms with van der Waals surface area (Å²) in [6, 6.07) is 0. The summed E-state index contributed by atoms with van der Waals surface area (Å²) in [6.45, 7) is 9.88. The summed E-state index contributed by atoms with van der Waals surface area (Å²) in [6.07, 6.45) is 5.40. The fourth-order valence-electron chi connectivity index (χ4n) is 1.14. The molecule has 0 heterocycles. The van der Waals surface area contributed by atoms with Crippen LogP contribution in [-0.2, 0) is 9.84 Å². The standard InChI is InChI=1S/C12H21O2/c1-5-9-12(13,8-4)14-10-11(6-2)7-3/h5-6H,1,7-10H2,2-4H3. The van der Waals surface area contributed by atoms with E-state index < -0.39 is 5.79 Å². The molecule has 0 bridgehead atoms. The highest BCUT2D eigenvalue weighted by molar-refractivity contribution is 4.99. The lowest BCUT2D eigenvalue weighted by Crippen LogP contribution is -2.30. The van der Waals surface area contributed by atoms with Gasteiger partial charge in [0.05, 0.1) is 6.61 Å². The first-order chi connectivity index (χ1) is 6.61. The van der Waals surface area contributed by atoms with Gasteiger partial charge in [0.25, 0.3) is 0 Å². The predicted molar refractivity (Wildman–Crippen MR) is 58.5 cm³/mol. The molecule has 0 aromatic heterocycles. The van der Waals surface area contributed by atoms with Crippen LogP contribution in [0.25, 0.3) is 0 Å². The average molecular weight is 197 g/mol. The Morgan fingerprint density at radius 2 is 2.14 bits per heavy atom. The van der Waals surface area contributed by atoms with E-state index in [-0.39, 0.29) is 0 Å². The Labute approximate surface area is 87.3 Å². The summed E-state index contributed by atoms with van der Waals surface area (Å²) in [5.74, 6) is -1.29. The van der Waals surface area contributed by atoms with Crippen molar-refractivity contribution in [1.82, 2.24) is 0 Å². The summed E-state index contributed by atoms with van der Waals surface area (Å²) in [7, 11) is 0. The summed E-state index contributed by atoms with van der Waals surface area (Å²) < 4.78 is 5.37. The van der Waals surface area contributed by atoms with E-state index in [1.54, 1.807) is 6.08 Å². The summed E-state index contributed by atoms with van der Waals surface area (Å²) in [5, 5.41) is 11.9. The van der Waals surface area contributed by atoms with Crippen molar-refractivity contribution < 1.29 is 9.84 Å². The minimum atomic E-state index is -1.29. The Morgan fingerprint density at radius 3 is 2.50 bits per heavy atom. The van der Waals surface area contributed by atoms with Crippen molar-refractivity contribution in [3.05, 3.63) is 24.3 Å². The van der Waals surface area contributed by atoms with Crippen LogP contribution in [0.4, 0.5) is 0 Å². The molecule has 0 aliphatic carbocycles. The average Bonchev–Trinajstić information content (AvgIpc) is 2.20. The molecule has 0 rings (SSSR count). The summed E-state index contributed by atoms with van der Waals surface area (Å²) in [4.78, 5) is 0. The van der Waals surface area contributed by atoms with Crippen molar-refractivity contribution in [3.63, 3.8) is 0 Å². The van der Waals surface area contributed by atoms with E-state index in [9.17, 15) is 5.11 Å². The van der Waals surface area contributed by atoms with Gasteiger partial charge in [0, 0.05) is 12.8 Å². The van der Waals surface area contributed by atoms with Gasteiger partial charge in [0.1, 0.15) is 0 Å². The molecule has 0 fully saturated rings. The number of allylic oxidation sites excluding steroid dienone is 1. The zero-order valence-corrected chi connectivity index (χ0v) is 9.51. The molecule has 0 aromatic rings. The van der Waals surface area contributed by atoms with Crippen LogP contribution in [0.3, 0.4) is 0 Å². The SMILES string of the molecule is C=CCC([O])(CC)OCC(=CC)CC. The van der Waals surface area contributed by atoms with Gasteiger partial charge in [-0.3, -0.25) is 0 Å². The van der Waals surface area contributed by atoms with Gasteiger partial charge in [0.2, 0.25) is 5.79 Å². The Kier molecular flexibility index (Phi) is 6.50. The molecule has 81 valence electrons. The lowest BCUT2D eigenvalue weighted by Gasteiger charge is -2.23. The zero-order chi connectivity index (χ0) is 11.0. The van der Waals surface area contributed by atoms with Gasteiger partial charge in [0.15, 0.2) is 0 Å². The minimum absolute atomic E-state index is 0.365. The maximum atomic E-state index is 11.9. The van der Waals surface area contributed by atoms with Gasteiger partial charge in [-0.1, -0.05) is 26.0 Å². The Balaban J connectivity index is 4.12. The van der Waals surface area contributed by atoms with Gasteiger partial charge < -0.3 is 4.74 Å². The van der Waals surface area contributed by atoms with Gasteiger partial charge in [-0.15, -0.1) is 6.58 Å². The van der Waals surface area contributed by atoms with E-state index in [0.717, 1.165) is 6.42 Å². The van der Waals surface area contributed by atoms with Crippen molar-refractivity contribution in [2.24, 2.45) is 0 Å². The van der Waals surface area contributed by atoms with E-state index in [4.69, 9.17) is 4.74 Å². The number of ether oxygens (including phenoxy) is 1. The second-order valence-corrected chi connectivity index (χ2v) is 3.35. The molecular weight excluding hydrogens is 176 g/mol. The smallest absolute Gasteiger partial charge is 0.205 e. The third-order valence-electron chi connectivity index (χ3n) is 2.38. The van der Waals surface area contributed by atoms with Crippen molar-refractivity contribution in [3.8, 4) is 0 Å². The van der Waals surface area contributed by atoms with Crippen LogP contribution in [0.2, 0.25) is 0 Å². The highest BCUT2D eigenvalue weighted by atomic mass is 16.6.